The number of hydrogen-bond acceptors (Lipinski definition) is 4. The number of aromatic nitrogens is 3. The van der Waals surface area contributed by atoms with Crippen molar-refractivity contribution < 1.29 is 0 Å². The van der Waals surface area contributed by atoms with Gasteiger partial charge in [-0.2, -0.15) is 0 Å². The first kappa shape index (κ1) is 24.1. The van der Waals surface area contributed by atoms with E-state index in [-0.39, 0.29) is 11.6 Å². The fourth-order valence-electron chi connectivity index (χ4n) is 5.85. The smallest absolute Gasteiger partial charge is 0.260 e. The quantitative estimate of drug-likeness (QED) is 0.260. The second-order valence-corrected chi connectivity index (χ2v) is 11.7. The lowest BCUT2D eigenvalue weighted by molar-refractivity contribution is 0.255. The van der Waals surface area contributed by atoms with Crippen LogP contribution in [-0.4, -0.2) is 39.6 Å². The minimum Gasteiger partial charge on any atom is -0.340 e. The van der Waals surface area contributed by atoms with Crippen molar-refractivity contribution in [1.82, 2.24) is 19.4 Å². The number of likely N-dealkylation sites (tertiary alicyclic amines) is 1. The topological polar surface area (TPSA) is 53.9 Å². The van der Waals surface area contributed by atoms with Crippen LogP contribution in [0.25, 0.3) is 31.6 Å². The lowest BCUT2D eigenvalue weighted by atomic mass is 9.89. The van der Waals surface area contributed by atoms with Gasteiger partial charge in [-0.05, 0) is 79.9 Å². The van der Waals surface area contributed by atoms with Crippen molar-refractivity contribution in [3.8, 4) is 10.4 Å². The highest BCUT2D eigenvalue weighted by Gasteiger charge is 2.23. The lowest BCUT2D eigenvalue weighted by Gasteiger charge is -2.29. The van der Waals surface area contributed by atoms with Gasteiger partial charge in [0.2, 0.25) is 0 Å². The first-order valence-electron chi connectivity index (χ1n) is 13.6. The molecule has 1 saturated heterocycles. The van der Waals surface area contributed by atoms with E-state index >= 15 is 0 Å². The van der Waals surface area contributed by atoms with Crippen molar-refractivity contribution in [2.45, 2.75) is 24.8 Å². The second kappa shape index (κ2) is 9.95. The minimum atomic E-state index is -0.354. The van der Waals surface area contributed by atoms with Crippen LogP contribution in [-0.2, 0) is 0 Å². The van der Waals surface area contributed by atoms with Gasteiger partial charge in [-0.3, -0.25) is 4.79 Å². The number of nitrogens with zero attached hydrogens (tertiary/aromatic N) is 3. The van der Waals surface area contributed by atoms with Crippen LogP contribution in [0.3, 0.4) is 0 Å². The second-order valence-electron chi connectivity index (χ2n) is 10.6. The van der Waals surface area contributed by atoms with Gasteiger partial charge in [-0.25, -0.2) is 4.98 Å². The van der Waals surface area contributed by atoms with Crippen LogP contribution in [0.5, 0.6) is 0 Å². The summed E-state index contributed by atoms with van der Waals surface area (Å²) in [4.78, 5) is 25.9. The van der Waals surface area contributed by atoms with Gasteiger partial charge in [0.05, 0.1) is 16.4 Å². The van der Waals surface area contributed by atoms with Gasteiger partial charge in [-0.1, -0.05) is 66.7 Å². The zero-order valence-corrected chi connectivity index (χ0v) is 22.7. The Labute approximate surface area is 231 Å². The normalized spacial score (nSPS) is 15.7. The molecular formula is C33H30N4OS. The van der Waals surface area contributed by atoms with Gasteiger partial charge in [0, 0.05) is 15.8 Å². The molecule has 0 amide bonds. The first-order valence-corrected chi connectivity index (χ1v) is 14.4. The van der Waals surface area contributed by atoms with E-state index in [0.717, 1.165) is 56.0 Å². The Hall–Kier alpha value is -4.00. The van der Waals surface area contributed by atoms with Gasteiger partial charge < -0.3 is 14.5 Å². The number of rotatable bonds is 5. The monoisotopic (exact) mass is 530 g/mol. The molecule has 0 saturated carbocycles. The Bertz CT molecular complexity index is 1780. The van der Waals surface area contributed by atoms with E-state index in [9.17, 15) is 4.79 Å². The number of benzene rings is 3. The zero-order chi connectivity index (χ0) is 26.3. The summed E-state index contributed by atoms with van der Waals surface area (Å²) < 4.78 is 2.82. The van der Waals surface area contributed by atoms with Gasteiger partial charge in [-0.15, -0.1) is 11.3 Å². The Morgan fingerprint density at radius 2 is 1.67 bits per heavy atom. The number of piperidine rings is 1. The maximum Gasteiger partial charge on any atom is 0.260 e. The zero-order valence-electron chi connectivity index (χ0n) is 21.9. The van der Waals surface area contributed by atoms with Crippen molar-refractivity contribution >= 4 is 32.5 Å². The van der Waals surface area contributed by atoms with E-state index in [1.807, 2.05) is 53.2 Å². The molecule has 3 aromatic heterocycles. The van der Waals surface area contributed by atoms with Crippen LogP contribution in [0.15, 0.2) is 102 Å². The summed E-state index contributed by atoms with van der Waals surface area (Å²) in [6.07, 6.45) is 4.34. The summed E-state index contributed by atoms with van der Waals surface area (Å²) in [5, 5.41) is 0.744. The van der Waals surface area contributed by atoms with Gasteiger partial charge in [0.1, 0.15) is 11.9 Å². The number of imidazole rings is 1. The van der Waals surface area contributed by atoms with Crippen molar-refractivity contribution in [2.75, 3.05) is 20.1 Å². The van der Waals surface area contributed by atoms with Crippen molar-refractivity contribution in [3.63, 3.8) is 0 Å². The average molecular weight is 531 g/mol. The third-order valence-corrected chi connectivity index (χ3v) is 9.21. The summed E-state index contributed by atoms with van der Waals surface area (Å²) in [6, 6.07) is 30.9. The molecule has 39 heavy (non-hydrogen) atoms. The fraction of sp³-hybridized carbons (Fsp3) is 0.212. The first-order chi connectivity index (χ1) is 19.1. The van der Waals surface area contributed by atoms with Crippen LogP contribution in [0.4, 0.5) is 0 Å². The van der Waals surface area contributed by atoms with Crippen LogP contribution < -0.4 is 5.56 Å². The Kier molecular flexibility index (Phi) is 6.14. The average Bonchev–Trinajstić information content (AvgIpc) is 3.61. The summed E-state index contributed by atoms with van der Waals surface area (Å²) in [6.45, 7) is 2.32. The standard InChI is InChI=1S/C33H30N4OS/c1-36-18-15-23(16-19-36)22-11-13-24(14-12-22)30-21-26-29(39-30)17-20-37(33(26)38)31(25-7-3-2-4-8-25)32-34-27-9-5-6-10-28(27)35-32/h2-14,17,20-21,23,31H,15-16,18-19H2,1H3,(H,34,35). The molecule has 5 nitrogen and oxygen atoms in total. The molecular weight excluding hydrogens is 500 g/mol. The maximum absolute atomic E-state index is 14.0. The van der Waals surface area contributed by atoms with E-state index in [1.165, 1.54) is 18.4 Å². The Morgan fingerprint density at radius 1 is 0.923 bits per heavy atom. The molecule has 6 heteroatoms. The number of thiophene rings is 1. The number of para-hydroxylation sites is 2. The highest BCUT2D eigenvalue weighted by atomic mass is 32.1. The van der Waals surface area contributed by atoms with E-state index < -0.39 is 0 Å². The summed E-state index contributed by atoms with van der Waals surface area (Å²) in [5.74, 6) is 1.39. The van der Waals surface area contributed by atoms with Crippen LogP contribution in [0, 0.1) is 0 Å². The van der Waals surface area contributed by atoms with Crippen molar-refractivity contribution in [2.24, 2.45) is 0 Å². The molecule has 194 valence electrons. The number of nitrogens with one attached hydrogen (secondary N) is 1. The van der Waals surface area contributed by atoms with E-state index in [1.54, 1.807) is 11.3 Å². The van der Waals surface area contributed by atoms with Gasteiger partial charge in [0.15, 0.2) is 0 Å². The molecule has 6 aromatic rings. The van der Waals surface area contributed by atoms with Crippen molar-refractivity contribution in [3.05, 3.63) is 124 Å². The molecule has 0 bridgehead atoms. The predicted octanol–water partition coefficient (Wildman–Crippen LogP) is 7.05. The largest absolute Gasteiger partial charge is 0.340 e. The number of H-pyrrole nitrogens is 1. The fourth-order valence-corrected chi connectivity index (χ4v) is 6.90. The molecule has 3 aromatic carbocycles. The van der Waals surface area contributed by atoms with E-state index in [0.29, 0.717) is 5.92 Å². The van der Waals surface area contributed by atoms with Gasteiger partial charge in [0.25, 0.3) is 5.56 Å². The molecule has 1 aliphatic rings. The molecule has 7 rings (SSSR count). The molecule has 1 atom stereocenters. The maximum atomic E-state index is 14.0. The summed E-state index contributed by atoms with van der Waals surface area (Å²) in [7, 11) is 2.20. The third-order valence-electron chi connectivity index (χ3n) is 8.06. The van der Waals surface area contributed by atoms with E-state index in [4.69, 9.17) is 4.98 Å². The molecule has 0 spiro atoms. The lowest BCUT2D eigenvalue weighted by Crippen LogP contribution is -2.29. The van der Waals surface area contributed by atoms with Gasteiger partial charge >= 0.3 is 0 Å². The Morgan fingerprint density at radius 3 is 2.44 bits per heavy atom. The van der Waals surface area contributed by atoms with Crippen LogP contribution >= 0.6 is 11.3 Å². The van der Waals surface area contributed by atoms with Crippen molar-refractivity contribution in [1.29, 1.82) is 0 Å². The number of aromatic amines is 1. The molecule has 4 heterocycles. The summed E-state index contributed by atoms with van der Waals surface area (Å²) >= 11 is 1.68. The number of hydrogen-bond donors (Lipinski definition) is 1. The summed E-state index contributed by atoms with van der Waals surface area (Å²) in [5.41, 5.74) is 5.45. The molecule has 1 aliphatic heterocycles. The molecule has 1 N–H and O–H groups in total. The third kappa shape index (κ3) is 4.50. The molecule has 1 unspecified atom stereocenters. The van der Waals surface area contributed by atoms with Crippen LogP contribution in [0.1, 0.15) is 41.8 Å². The van der Waals surface area contributed by atoms with Crippen LogP contribution in [0.2, 0.25) is 0 Å². The SMILES string of the molecule is CN1CCC(c2ccc(-c3cc4c(=O)n(C(c5ccccc5)c5nc6ccccc6[nH]5)ccc4s3)cc2)CC1. The molecule has 0 aliphatic carbocycles. The molecule has 0 radical (unpaired) electrons. The number of pyridine rings is 1. The molecule has 1 fully saturated rings. The minimum absolute atomic E-state index is 0.00717. The van der Waals surface area contributed by atoms with E-state index in [2.05, 4.69) is 65.5 Å². The number of fused-ring (bicyclic) bond motifs is 2. The highest BCUT2D eigenvalue weighted by Crippen LogP contribution is 2.35. The Balaban J connectivity index is 1.27. The predicted molar refractivity (Wildman–Crippen MR) is 161 cm³/mol. The highest BCUT2D eigenvalue weighted by molar-refractivity contribution is 7.22.